The second kappa shape index (κ2) is 6.97. The summed E-state index contributed by atoms with van der Waals surface area (Å²) >= 11 is 11.6. The van der Waals surface area contributed by atoms with E-state index in [-0.39, 0.29) is 29.2 Å². The Balaban J connectivity index is 2.26. The molecular weight excluding hydrogens is 347 g/mol. The molecule has 0 saturated heterocycles. The summed E-state index contributed by atoms with van der Waals surface area (Å²) in [5.74, 6) is -3.57. The molecular formula is C14H12Cl2N2O5. The molecule has 0 radical (unpaired) electrons. The van der Waals surface area contributed by atoms with Crippen LogP contribution in [-0.2, 0) is 9.59 Å². The number of aliphatic carboxylic acids is 1. The Morgan fingerprint density at radius 2 is 2.00 bits per heavy atom. The van der Waals surface area contributed by atoms with E-state index in [4.69, 9.17) is 23.2 Å². The fourth-order valence-electron chi connectivity index (χ4n) is 2.39. The number of carbonyl (C=O) groups excluding carboxylic acids is 1. The molecule has 9 heteroatoms. The van der Waals surface area contributed by atoms with Gasteiger partial charge in [-0.2, -0.15) is 0 Å². The van der Waals surface area contributed by atoms with E-state index in [1.165, 1.54) is 12.1 Å². The number of nitro benzene ring substituents is 1. The first-order chi connectivity index (χ1) is 10.8. The molecule has 1 aromatic carbocycles. The number of nitrogens with one attached hydrogen (secondary N) is 1. The van der Waals surface area contributed by atoms with Gasteiger partial charge in [0.25, 0.3) is 5.69 Å². The highest BCUT2D eigenvalue weighted by molar-refractivity contribution is 6.31. The predicted octanol–water partition coefficient (Wildman–Crippen LogP) is 3.42. The number of rotatable bonds is 4. The SMILES string of the molecule is O=C(O)C1CC=C(Cl)CC1C(=O)Nc1ccc(Cl)cc1[N+](=O)[O-]. The van der Waals surface area contributed by atoms with Crippen LogP contribution >= 0.6 is 23.2 Å². The van der Waals surface area contributed by atoms with E-state index < -0.39 is 28.6 Å². The third-order valence-electron chi connectivity index (χ3n) is 3.56. The quantitative estimate of drug-likeness (QED) is 0.632. The summed E-state index contributed by atoms with van der Waals surface area (Å²) in [6.45, 7) is 0. The van der Waals surface area contributed by atoms with Gasteiger partial charge in [0.2, 0.25) is 5.91 Å². The molecule has 0 saturated carbocycles. The second-order valence-corrected chi connectivity index (χ2v) is 5.97. The van der Waals surface area contributed by atoms with Gasteiger partial charge in [-0.3, -0.25) is 19.7 Å². The number of hydrogen-bond acceptors (Lipinski definition) is 4. The molecule has 0 aromatic heterocycles. The van der Waals surface area contributed by atoms with Crippen LogP contribution < -0.4 is 5.32 Å². The van der Waals surface area contributed by atoms with Crippen molar-refractivity contribution in [3.63, 3.8) is 0 Å². The number of carboxylic acid groups (broad SMARTS) is 1. The van der Waals surface area contributed by atoms with Gasteiger partial charge in [-0.1, -0.05) is 29.3 Å². The number of halogens is 2. The minimum Gasteiger partial charge on any atom is -0.481 e. The van der Waals surface area contributed by atoms with Crippen molar-refractivity contribution in [2.45, 2.75) is 12.8 Å². The monoisotopic (exact) mass is 358 g/mol. The number of hydrogen-bond donors (Lipinski definition) is 2. The van der Waals surface area contributed by atoms with E-state index in [0.29, 0.717) is 5.03 Å². The molecule has 1 aromatic rings. The van der Waals surface area contributed by atoms with Gasteiger partial charge in [0.15, 0.2) is 0 Å². The molecule has 0 bridgehead atoms. The molecule has 1 amide bonds. The van der Waals surface area contributed by atoms with Gasteiger partial charge in [-0.25, -0.2) is 0 Å². The van der Waals surface area contributed by atoms with Gasteiger partial charge < -0.3 is 10.4 Å². The van der Waals surface area contributed by atoms with Crippen LogP contribution in [0, 0.1) is 22.0 Å². The summed E-state index contributed by atoms with van der Waals surface area (Å²) < 4.78 is 0. The molecule has 1 aliphatic carbocycles. The molecule has 0 aliphatic heterocycles. The van der Waals surface area contributed by atoms with Gasteiger partial charge in [0.05, 0.1) is 16.8 Å². The van der Waals surface area contributed by atoms with Crippen LogP contribution in [0.5, 0.6) is 0 Å². The lowest BCUT2D eigenvalue weighted by Crippen LogP contribution is -2.35. The van der Waals surface area contributed by atoms with E-state index in [1.807, 2.05) is 0 Å². The standard InChI is InChI=1S/C14H12Cl2N2O5/c15-7-1-3-9(14(20)21)10(5-7)13(19)17-11-4-2-8(16)6-12(11)18(22)23/h1-2,4,6,9-10H,3,5H2,(H,17,19)(H,20,21). The Labute approximate surface area is 141 Å². The molecule has 2 rings (SSSR count). The van der Waals surface area contributed by atoms with Crippen LogP contribution in [0.15, 0.2) is 29.3 Å². The molecule has 0 spiro atoms. The molecule has 0 fully saturated rings. The molecule has 23 heavy (non-hydrogen) atoms. The Morgan fingerprint density at radius 1 is 1.30 bits per heavy atom. The third kappa shape index (κ3) is 4.00. The number of nitro groups is 1. The minimum absolute atomic E-state index is 0.0424. The van der Waals surface area contributed by atoms with Crippen molar-refractivity contribution in [1.29, 1.82) is 0 Å². The topological polar surface area (TPSA) is 110 Å². The van der Waals surface area contributed by atoms with Crippen LogP contribution in [0.3, 0.4) is 0 Å². The van der Waals surface area contributed by atoms with Gasteiger partial charge in [0, 0.05) is 16.1 Å². The van der Waals surface area contributed by atoms with Gasteiger partial charge in [-0.15, -0.1) is 0 Å². The number of anilines is 1. The highest BCUT2D eigenvalue weighted by Gasteiger charge is 2.36. The lowest BCUT2D eigenvalue weighted by molar-refractivity contribution is -0.383. The fraction of sp³-hybridized carbons (Fsp3) is 0.286. The molecule has 2 atom stereocenters. The van der Waals surface area contributed by atoms with Crippen molar-refractivity contribution in [3.8, 4) is 0 Å². The zero-order valence-corrected chi connectivity index (χ0v) is 13.2. The molecule has 1 aliphatic rings. The number of allylic oxidation sites excluding steroid dienone is 2. The fourth-order valence-corrected chi connectivity index (χ4v) is 2.81. The Bertz CT molecular complexity index is 704. The van der Waals surface area contributed by atoms with E-state index in [2.05, 4.69) is 5.32 Å². The summed E-state index contributed by atoms with van der Waals surface area (Å²) in [5, 5.41) is 23.2. The zero-order valence-electron chi connectivity index (χ0n) is 11.7. The van der Waals surface area contributed by atoms with Crippen molar-refractivity contribution >= 4 is 46.5 Å². The normalized spacial score (nSPS) is 20.5. The highest BCUT2D eigenvalue weighted by Crippen LogP contribution is 2.34. The van der Waals surface area contributed by atoms with E-state index >= 15 is 0 Å². The Hall–Kier alpha value is -2.12. The first-order valence-electron chi connectivity index (χ1n) is 6.61. The number of nitrogens with zero attached hydrogens (tertiary/aromatic N) is 1. The Morgan fingerprint density at radius 3 is 2.61 bits per heavy atom. The average molecular weight is 359 g/mol. The van der Waals surface area contributed by atoms with Gasteiger partial charge >= 0.3 is 5.97 Å². The Kier molecular flexibility index (Phi) is 5.23. The van der Waals surface area contributed by atoms with E-state index in [1.54, 1.807) is 6.08 Å². The smallest absolute Gasteiger partial charge is 0.307 e. The molecule has 7 nitrogen and oxygen atoms in total. The minimum atomic E-state index is -1.11. The van der Waals surface area contributed by atoms with Crippen LogP contribution in [0.25, 0.3) is 0 Å². The van der Waals surface area contributed by atoms with Crippen molar-refractivity contribution in [2.75, 3.05) is 5.32 Å². The predicted molar refractivity (Wildman–Crippen MR) is 84.5 cm³/mol. The zero-order chi connectivity index (χ0) is 17.1. The number of benzene rings is 1. The average Bonchev–Trinajstić information content (AvgIpc) is 2.48. The molecule has 2 N–H and O–H groups in total. The van der Waals surface area contributed by atoms with Crippen LogP contribution in [-0.4, -0.2) is 21.9 Å². The summed E-state index contributed by atoms with van der Waals surface area (Å²) in [6.07, 6.45) is 1.77. The van der Waals surface area contributed by atoms with Crippen molar-refractivity contribution in [2.24, 2.45) is 11.8 Å². The third-order valence-corrected chi connectivity index (χ3v) is 4.11. The van der Waals surface area contributed by atoms with E-state index in [9.17, 15) is 24.8 Å². The van der Waals surface area contributed by atoms with Crippen LogP contribution in [0.4, 0.5) is 11.4 Å². The number of carboxylic acids is 1. The van der Waals surface area contributed by atoms with Crippen molar-refractivity contribution in [3.05, 3.63) is 44.4 Å². The molecule has 122 valence electrons. The summed E-state index contributed by atoms with van der Waals surface area (Å²) in [7, 11) is 0. The summed E-state index contributed by atoms with van der Waals surface area (Å²) in [6, 6.07) is 3.81. The van der Waals surface area contributed by atoms with Crippen molar-refractivity contribution in [1.82, 2.24) is 0 Å². The first-order valence-corrected chi connectivity index (χ1v) is 7.37. The lowest BCUT2D eigenvalue weighted by atomic mass is 9.82. The van der Waals surface area contributed by atoms with Crippen LogP contribution in [0.1, 0.15) is 12.8 Å². The maximum absolute atomic E-state index is 12.4. The maximum Gasteiger partial charge on any atom is 0.307 e. The van der Waals surface area contributed by atoms with Crippen molar-refractivity contribution < 1.29 is 19.6 Å². The van der Waals surface area contributed by atoms with Gasteiger partial charge in [-0.05, 0) is 25.0 Å². The molecule has 2 unspecified atom stereocenters. The second-order valence-electron chi connectivity index (χ2n) is 5.05. The van der Waals surface area contributed by atoms with E-state index in [0.717, 1.165) is 6.07 Å². The van der Waals surface area contributed by atoms with Gasteiger partial charge in [0.1, 0.15) is 5.69 Å². The number of carbonyl (C=O) groups is 2. The lowest BCUT2D eigenvalue weighted by Gasteiger charge is -2.25. The maximum atomic E-state index is 12.4. The number of amides is 1. The first kappa shape index (κ1) is 17.2. The largest absolute Gasteiger partial charge is 0.481 e. The van der Waals surface area contributed by atoms with Crippen LogP contribution in [0.2, 0.25) is 5.02 Å². The molecule has 0 heterocycles. The highest BCUT2D eigenvalue weighted by atomic mass is 35.5. The summed E-state index contributed by atoms with van der Waals surface area (Å²) in [4.78, 5) is 34.0. The summed E-state index contributed by atoms with van der Waals surface area (Å²) in [5.41, 5.74) is -0.408.